The molecule has 0 fully saturated rings. The van der Waals surface area contributed by atoms with Crippen LogP contribution in [0.2, 0.25) is 0 Å². The maximum Gasteiger partial charge on any atom is 0.124 e. The average Bonchev–Trinajstić information content (AvgIpc) is 2.55. The average molecular weight is 284 g/mol. The van der Waals surface area contributed by atoms with Gasteiger partial charge < -0.3 is 10.1 Å². The molecule has 0 bridgehead atoms. The topological polar surface area (TPSA) is 34.1 Å². The third-order valence-corrected chi connectivity index (χ3v) is 3.67. The monoisotopic (exact) mass is 284 g/mol. The van der Waals surface area contributed by atoms with E-state index in [0.29, 0.717) is 6.04 Å². The van der Waals surface area contributed by atoms with Gasteiger partial charge in [-0.3, -0.25) is 4.98 Å². The van der Waals surface area contributed by atoms with E-state index in [-0.39, 0.29) is 0 Å². The van der Waals surface area contributed by atoms with E-state index >= 15 is 0 Å². The van der Waals surface area contributed by atoms with Crippen molar-refractivity contribution in [3.8, 4) is 5.75 Å². The van der Waals surface area contributed by atoms with Crippen LogP contribution in [0.4, 0.5) is 0 Å². The second-order valence-corrected chi connectivity index (χ2v) is 5.09. The fourth-order valence-corrected chi connectivity index (χ4v) is 2.49. The van der Waals surface area contributed by atoms with Gasteiger partial charge in [0.05, 0.1) is 6.61 Å². The molecule has 21 heavy (non-hydrogen) atoms. The molecule has 1 atom stereocenters. The van der Waals surface area contributed by atoms with Gasteiger partial charge in [-0.2, -0.15) is 0 Å². The smallest absolute Gasteiger partial charge is 0.124 e. The van der Waals surface area contributed by atoms with Crippen LogP contribution in [-0.4, -0.2) is 18.6 Å². The molecule has 1 heterocycles. The summed E-state index contributed by atoms with van der Waals surface area (Å²) in [4.78, 5) is 4.03. The second-order valence-electron chi connectivity index (χ2n) is 5.09. The van der Waals surface area contributed by atoms with Gasteiger partial charge >= 0.3 is 0 Å². The Morgan fingerprint density at radius 1 is 1.14 bits per heavy atom. The number of ether oxygens (including phenoxy) is 1. The molecule has 0 radical (unpaired) electrons. The van der Waals surface area contributed by atoms with Gasteiger partial charge in [-0.25, -0.2) is 0 Å². The molecule has 3 nitrogen and oxygen atoms in total. The minimum Gasteiger partial charge on any atom is -0.493 e. The molecule has 0 amide bonds. The highest BCUT2D eigenvalue weighted by atomic mass is 16.5. The molecule has 0 spiro atoms. The van der Waals surface area contributed by atoms with Crippen molar-refractivity contribution in [3.05, 3.63) is 59.9 Å². The van der Waals surface area contributed by atoms with Crippen molar-refractivity contribution in [1.82, 2.24) is 10.3 Å². The number of pyridine rings is 1. The van der Waals surface area contributed by atoms with Crippen LogP contribution in [0.5, 0.6) is 5.75 Å². The molecule has 1 aromatic carbocycles. The molecule has 0 aliphatic rings. The van der Waals surface area contributed by atoms with E-state index in [1.165, 1.54) is 11.1 Å². The lowest BCUT2D eigenvalue weighted by atomic mass is 10.0. The highest BCUT2D eigenvalue weighted by Crippen LogP contribution is 2.26. The molecule has 1 N–H and O–H groups in total. The molecule has 0 aliphatic carbocycles. The van der Waals surface area contributed by atoms with Gasteiger partial charge in [-0.05, 0) is 50.1 Å². The van der Waals surface area contributed by atoms with Crippen LogP contribution in [0.25, 0.3) is 0 Å². The van der Waals surface area contributed by atoms with Crippen LogP contribution >= 0.6 is 0 Å². The van der Waals surface area contributed by atoms with E-state index in [1.807, 2.05) is 25.5 Å². The highest BCUT2D eigenvalue weighted by Gasteiger charge is 2.11. The summed E-state index contributed by atoms with van der Waals surface area (Å²) in [5.41, 5.74) is 2.55. The van der Waals surface area contributed by atoms with Crippen molar-refractivity contribution in [2.24, 2.45) is 0 Å². The Labute approximate surface area is 127 Å². The van der Waals surface area contributed by atoms with E-state index < -0.39 is 0 Å². The molecule has 0 saturated carbocycles. The lowest BCUT2D eigenvalue weighted by Crippen LogP contribution is -2.16. The number of aryl methyl sites for hydroxylation is 1. The number of hydrogen-bond acceptors (Lipinski definition) is 3. The van der Waals surface area contributed by atoms with E-state index in [2.05, 4.69) is 47.6 Å². The van der Waals surface area contributed by atoms with Crippen LogP contribution in [-0.2, 0) is 6.42 Å². The van der Waals surface area contributed by atoms with E-state index in [1.54, 1.807) is 0 Å². The number of benzene rings is 1. The molecule has 2 aromatic rings. The first kappa shape index (κ1) is 15.5. The molecule has 1 aromatic heterocycles. The first-order valence-electron chi connectivity index (χ1n) is 7.63. The van der Waals surface area contributed by atoms with Crippen LogP contribution in [0.1, 0.15) is 36.9 Å². The van der Waals surface area contributed by atoms with Gasteiger partial charge in [0.25, 0.3) is 0 Å². The quantitative estimate of drug-likeness (QED) is 0.749. The van der Waals surface area contributed by atoms with Gasteiger partial charge in [-0.1, -0.05) is 25.1 Å². The lowest BCUT2D eigenvalue weighted by molar-refractivity contribution is 0.304. The molecule has 0 aliphatic heterocycles. The van der Waals surface area contributed by atoms with Gasteiger partial charge in [0.15, 0.2) is 0 Å². The summed E-state index contributed by atoms with van der Waals surface area (Å²) in [6, 6.07) is 12.8. The predicted molar refractivity (Wildman–Crippen MR) is 86.6 cm³/mol. The Balaban J connectivity index is 1.88. The zero-order valence-corrected chi connectivity index (χ0v) is 12.9. The van der Waals surface area contributed by atoms with Crippen molar-refractivity contribution in [2.75, 3.05) is 13.7 Å². The van der Waals surface area contributed by atoms with E-state index in [4.69, 9.17) is 4.74 Å². The molecule has 2 rings (SSSR count). The Kier molecular flexibility index (Phi) is 6.22. The van der Waals surface area contributed by atoms with E-state index in [9.17, 15) is 0 Å². The first-order valence-corrected chi connectivity index (χ1v) is 7.63. The molecular weight excluding hydrogens is 260 g/mol. The summed E-state index contributed by atoms with van der Waals surface area (Å²) in [6.07, 6.45) is 6.75. The molecule has 112 valence electrons. The molecule has 1 unspecified atom stereocenters. The van der Waals surface area contributed by atoms with Crippen molar-refractivity contribution in [3.63, 3.8) is 0 Å². The van der Waals surface area contributed by atoms with Gasteiger partial charge in [0.2, 0.25) is 0 Å². The summed E-state index contributed by atoms with van der Waals surface area (Å²) in [5.74, 6) is 0.994. The van der Waals surface area contributed by atoms with Crippen molar-refractivity contribution < 1.29 is 4.74 Å². The second kappa shape index (κ2) is 8.42. The van der Waals surface area contributed by atoms with Gasteiger partial charge in [0.1, 0.15) is 5.75 Å². The SMILES string of the molecule is CCC(NC)c1ccccc1OCCCc1ccncc1. The Bertz CT molecular complexity index is 524. The van der Waals surface area contributed by atoms with Crippen LogP contribution in [0, 0.1) is 0 Å². The maximum atomic E-state index is 5.99. The first-order chi connectivity index (χ1) is 10.3. The number of aromatic nitrogens is 1. The van der Waals surface area contributed by atoms with Crippen molar-refractivity contribution >= 4 is 0 Å². The van der Waals surface area contributed by atoms with Crippen LogP contribution in [0.3, 0.4) is 0 Å². The third-order valence-electron chi connectivity index (χ3n) is 3.67. The Morgan fingerprint density at radius 2 is 1.90 bits per heavy atom. The van der Waals surface area contributed by atoms with Crippen molar-refractivity contribution in [1.29, 1.82) is 0 Å². The summed E-state index contributed by atoms with van der Waals surface area (Å²) < 4.78 is 5.99. The minimum atomic E-state index is 0.349. The summed E-state index contributed by atoms with van der Waals surface area (Å²) in [6.45, 7) is 2.92. The van der Waals surface area contributed by atoms with Gasteiger partial charge in [0, 0.05) is 24.0 Å². The van der Waals surface area contributed by atoms with Gasteiger partial charge in [-0.15, -0.1) is 0 Å². The zero-order chi connectivity index (χ0) is 14.9. The number of nitrogens with zero attached hydrogens (tertiary/aromatic N) is 1. The highest BCUT2D eigenvalue weighted by molar-refractivity contribution is 5.35. The molecular formula is C18H24N2O. The van der Waals surface area contributed by atoms with Crippen LogP contribution in [0.15, 0.2) is 48.8 Å². The third kappa shape index (κ3) is 4.57. The predicted octanol–water partition coefficient (Wildman–Crippen LogP) is 3.76. The number of hydrogen-bond donors (Lipinski definition) is 1. The fourth-order valence-electron chi connectivity index (χ4n) is 2.49. The number of rotatable bonds is 8. The fraction of sp³-hybridized carbons (Fsp3) is 0.389. The Morgan fingerprint density at radius 3 is 2.62 bits per heavy atom. The normalized spacial score (nSPS) is 12.1. The number of nitrogens with one attached hydrogen (secondary N) is 1. The summed E-state index contributed by atoms with van der Waals surface area (Å²) in [7, 11) is 1.99. The standard InChI is InChI=1S/C18H24N2O/c1-3-17(19-2)16-8-4-5-9-18(16)21-14-6-7-15-10-12-20-13-11-15/h4-5,8-13,17,19H,3,6-7,14H2,1-2H3. The molecule has 0 saturated heterocycles. The Hall–Kier alpha value is -1.87. The van der Waals surface area contributed by atoms with Crippen molar-refractivity contribution in [2.45, 2.75) is 32.2 Å². The molecule has 3 heteroatoms. The zero-order valence-electron chi connectivity index (χ0n) is 12.9. The van der Waals surface area contributed by atoms with Crippen LogP contribution < -0.4 is 10.1 Å². The maximum absolute atomic E-state index is 5.99. The van der Waals surface area contributed by atoms with E-state index in [0.717, 1.165) is 31.6 Å². The largest absolute Gasteiger partial charge is 0.493 e. The lowest BCUT2D eigenvalue weighted by Gasteiger charge is -2.18. The minimum absolute atomic E-state index is 0.349. The summed E-state index contributed by atoms with van der Waals surface area (Å²) >= 11 is 0. The number of para-hydroxylation sites is 1. The summed E-state index contributed by atoms with van der Waals surface area (Å²) in [5, 5.41) is 3.34.